The molecule has 0 spiro atoms. The van der Waals surface area contributed by atoms with Crippen molar-refractivity contribution >= 4 is 11.8 Å². The van der Waals surface area contributed by atoms with Crippen LogP contribution in [0.2, 0.25) is 0 Å². The molecular formula is C20H24N2O4. The molecule has 1 aromatic heterocycles. The number of hydrogen-bond donors (Lipinski definition) is 0. The fraction of sp³-hybridized carbons (Fsp3) is 0.400. The monoisotopic (exact) mass is 356 g/mol. The van der Waals surface area contributed by atoms with Crippen LogP contribution in [0.4, 0.5) is 0 Å². The Morgan fingerprint density at radius 3 is 2.38 bits per heavy atom. The Hall–Kier alpha value is -2.76. The smallest absolute Gasteiger partial charge is 0.343 e. The second-order valence-electron chi connectivity index (χ2n) is 7.25. The van der Waals surface area contributed by atoms with Crippen molar-refractivity contribution in [2.75, 3.05) is 6.61 Å². The number of rotatable bonds is 4. The molecular weight excluding hydrogens is 332 g/mol. The van der Waals surface area contributed by atoms with E-state index in [1.165, 1.54) is 6.07 Å². The van der Waals surface area contributed by atoms with Gasteiger partial charge in [-0.25, -0.2) is 4.79 Å². The molecule has 0 aliphatic carbocycles. The highest BCUT2D eigenvalue weighted by molar-refractivity contribution is 6.00. The first-order valence-electron chi connectivity index (χ1n) is 8.50. The molecule has 2 aromatic rings. The minimum atomic E-state index is -0.762. The molecule has 0 saturated heterocycles. The highest BCUT2D eigenvalue weighted by Gasteiger charge is 2.28. The molecule has 26 heavy (non-hydrogen) atoms. The molecule has 2 rings (SSSR count). The molecule has 0 N–H and O–H groups in total. The largest absolute Gasteiger partial charge is 0.462 e. The van der Waals surface area contributed by atoms with Crippen LogP contribution in [0.15, 0.2) is 29.1 Å². The molecule has 0 aliphatic rings. The van der Waals surface area contributed by atoms with Gasteiger partial charge in [-0.2, -0.15) is 9.78 Å². The van der Waals surface area contributed by atoms with E-state index in [0.717, 1.165) is 15.8 Å². The molecule has 0 bridgehead atoms. The summed E-state index contributed by atoms with van der Waals surface area (Å²) in [5, 5.41) is 4.26. The lowest BCUT2D eigenvalue weighted by molar-refractivity contribution is 0.0523. The van der Waals surface area contributed by atoms with Crippen molar-refractivity contribution in [3.8, 4) is 5.69 Å². The first kappa shape index (κ1) is 19.6. The molecule has 0 atom stereocenters. The number of benzene rings is 1. The Morgan fingerprint density at radius 1 is 1.15 bits per heavy atom. The Labute approximate surface area is 152 Å². The van der Waals surface area contributed by atoms with Gasteiger partial charge in [0.05, 0.1) is 12.3 Å². The molecule has 0 unspecified atom stereocenters. The van der Waals surface area contributed by atoms with Gasteiger partial charge in [-0.1, -0.05) is 32.9 Å². The number of nitrogens with zero attached hydrogens (tertiary/aromatic N) is 2. The second kappa shape index (κ2) is 7.23. The molecule has 0 saturated carbocycles. The average Bonchev–Trinajstić information content (AvgIpc) is 2.56. The molecule has 0 radical (unpaired) electrons. The SMILES string of the molecule is CCOC(=O)c1cc(C(=O)C(C)(C)C)nn(-c2cc(C)ccc2C)c1=O. The van der Waals surface area contributed by atoms with E-state index in [-0.39, 0.29) is 23.6 Å². The second-order valence-corrected chi connectivity index (χ2v) is 7.25. The van der Waals surface area contributed by atoms with Crippen LogP contribution in [-0.2, 0) is 4.74 Å². The van der Waals surface area contributed by atoms with Gasteiger partial charge >= 0.3 is 5.97 Å². The van der Waals surface area contributed by atoms with Crippen molar-refractivity contribution in [1.82, 2.24) is 9.78 Å². The van der Waals surface area contributed by atoms with Crippen LogP contribution in [0.25, 0.3) is 5.69 Å². The predicted octanol–water partition coefficient (Wildman–Crippen LogP) is 3.25. The number of Topliss-reactive ketones (excluding diaryl/α,β-unsaturated/α-hetero) is 1. The van der Waals surface area contributed by atoms with E-state index >= 15 is 0 Å². The first-order valence-corrected chi connectivity index (χ1v) is 8.50. The topological polar surface area (TPSA) is 78.3 Å². The average molecular weight is 356 g/mol. The van der Waals surface area contributed by atoms with Crippen LogP contribution >= 0.6 is 0 Å². The van der Waals surface area contributed by atoms with E-state index in [9.17, 15) is 14.4 Å². The van der Waals surface area contributed by atoms with Gasteiger partial charge in [-0.15, -0.1) is 0 Å². The van der Waals surface area contributed by atoms with Crippen molar-refractivity contribution in [3.63, 3.8) is 0 Å². The van der Waals surface area contributed by atoms with Gasteiger partial charge in [0.25, 0.3) is 5.56 Å². The highest BCUT2D eigenvalue weighted by Crippen LogP contribution is 2.21. The Balaban J connectivity index is 2.80. The van der Waals surface area contributed by atoms with Gasteiger partial charge in [0.1, 0.15) is 11.3 Å². The maximum atomic E-state index is 12.9. The molecule has 138 valence electrons. The molecule has 0 aliphatic heterocycles. The van der Waals surface area contributed by atoms with Gasteiger partial charge in [-0.3, -0.25) is 9.59 Å². The van der Waals surface area contributed by atoms with Crippen LogP contribution < -0.4 is 5.56 Å². The Kier molecular flexibility index (Phi) is 5.44. The third kappa shape index (κ3) is 3.90. The maximum Gasteiger partial charge on any atom is 0.343 e. The Bertz CT molecular complexity index is 920. The summed E-state index contributed by atoms with van der Waals surface area (Å²) in [5.74, 6) is -1.02. The molecule has 1 aromatic carbocycles. The summed E-state index contributed by atoms with van der Waals surface area (Å²) in [4.78, 5) is 37.8. The van der Waals surface area contributed by atoms with Crippen molar-refractivity contribution in [3.05, 3.63) is 57.0 Å². The zero-order valence-corrected chi connectivity index (χ0v) is 16.0. The van der Waals surface area contributed by atoms with Crippen LogP contribution in [0.3, 0.4) is 0 Å². The van der Waals surface area contributed by atoms with E-state index in [1.807, 2.05) is 26.0 Å². The summed E-state index contributed by atoms with van der Waals surface area (Å²) >= 11 is 0. The molecule has 6 heteroatoms. The summed E-state index contributed by atoms with van der Waals surface area (Å²) < 4.78 is 6.10. The van der Waals surface area contributed by atoms with Gasteiger partial charge in [0, 0.05) is 5.41 Å². The number of ether oxygens (including phenoxy) is 1. The number of aromatic nitrogens is 2. The van der Waals surface area contributed by atoms with Crippen molar-refractivity contribution < 1.29 is 14.3 Å². The zero-order chi connectivity index (χ0) is 19.6. The van der Waals surface area contributed by atoms with E-state index < -0.39 is 16.9 Å². The molecule has 6 nitrogen and oxygen atoms in total. The number of carbonyl (C=O) groups excluding carboxylic acids is 2. The third-order valence-electron chi connectivity index (χ3n) is 3.91. The summed E-state index contributed by atoms with van der Waals surface area (Å²) in [5.41, 5.74) is 0.816. The molecule has 0 amide bonds. The third-order valence-corrected chi connectivity index (χ3v) is 3.91. The van der Waals surface area contributed by atoms with Crippen molar-refractivity contribution in [1.29, 1.82) is 0 Å². The fourth-order valence-corrected chi connectivity index (χ4v) is 2.46. The van der Waals surface area contributed by atoms with E-state index in [2.05, 4.69) is 5.10 Å². The van der Waals surface area contributed by atoms with Crippen LogP contribution in [0, 0.1) is 19.3 Å². The van der Waals surface area contributed by atoms with E-state index in [4.69, 9.17) is 4.74 Å². The summed E-state index contributed by atoms with van der Waals surface area (Å²) in [6, 6.07) is 6.81. The molecule has 0 fully saturated rings. The predicted molar refractivity (Wildman–Crippen MR) is 99.1 cm³/mol. The minimum absolute atomic E-state index is 0.0565. The lowest BCUT2D eigenvalue weighted by Gasteiger charge is -2.18. The quantitative estimate of drug-likeness (QED) is 0.621. The minimum Gasteiger partial charge on any atom is -0.462 e. The number of esters is 1. The van der Waals surface area contributed by atoms with E-state index in [0.29, 0.717) is 5.69 Å². The number of aryl methyl sites for hydroxylation is 2. The van der Waals surface area contributed by atoms with Crippen LogP contribution in [-0.4, -0.2) is 28.1 Å². The standard InChI is InChI=1S/C20H24N2O4/c1-7-26-19(25)14-11-15(17(23)20(4,5)6)21-22(18(14)24)16-10-12(2)8-9-13(16)3/h8-11H,7H2,1-6H3. The maximum absolute atomic E-state index is 12.9. The highest BCUT2D eigenvalue weighted by atomic mass is 16.5. The van der Waals surface area contributed by atoms with Gasteiger partial charge < -0.3 is 4.74 Å². The first-order chi connectivity index (χ1) is 12.1. The zero-order valence-electron chi connectivity index (χ0n) is 16.0. The van der Waals surface area contributed by atoms with Gasteiger partial charge in [0.15, 0.2) is 5.78 Å². The van der Waals surface area contributed by atoms with Gasteiger partial charge in [-0.05, 0) is 44.0 Å². The van der Waals surface area contributed by atoms with Crippen LogP contribution in [0.1, 0.15) is 59.7 Å². The number of ketones is 1. The summed E-state index contributed by atoms with van der Waals surface area (Å²) in [6.07, 6.45) is 0. The lowest BCUT2D eigenvalue weighted by Crippen LogP contribution is -2.32. The molecule has 1 heterocycles. The van der Waals surface area contributed by atoms with Crippen molar-refractivity contribution in [2.45, 2.75) is 41.5 Å². The number of carbonyl (C=O) groups is 2. The summed E-state index contributed by atoms with van der Waals surface area (Å²) in [7, 11) is 0. The lowest BCUT2D eigenvalue weighted by atomic mass is 9.88. The van der Waals surface area contributed by atoms with E-state index in [1.54, 1.807) is 33.8 Å². The number of hydrogen-bond acceptors (Lipinski definition) is 5. The van der Waals surface area contributed by atoms with Crippen LogP contribution in [0.5, 0.6) is 0 Å². The summed E-state index contributed by atoms with van der Waals surface area (Å²) in [6.45, 7) is 10.8. The van der Waals surface area contributed by atoms with Crippen molar-refractivity contribution in [2.24, 2.45) is 5.41 Å². The fourth-order valence-electron chi connectivity index (χ4n) is 2.46. The normalized spacial score (nSPS) is 11.3. The Morgan fingerprint density at radius 2 is 1.81 bits per heavy atom. The van der Waals surface area contributed by atoms with Gasteiger partial charge in [0.2, 0.25) is 0 Å².